The van der Waals surface area contributed by atoms with Crippen molar-refractivity contribution in [2.45, 2.75) is 25.4 Å². The summed E-state index contributed by atoms with van der Waals surface area (Å²) in [4.78, 5) is 27.7. The lowest BCUT2D eigenvalue weighted by Crippen LogP contribution is -2.37. The number of carbonyl (C=O) groups is 2. The lowest BCUT2D eigenvalue weighted by molar-refractivity contribution is -0.194. The quantitative estimate of drug-likeness (QED) is 0.620. The number of carbonyl (C=O) groups excluding carboxylic acids is 2. The second-order valence-electron chi connectivity index (χ2n) is 4.23. The van der Waals surface area contributed by atoms with Gasteiger partial charge in [-0.25, -0.2) is 4.79 Å². The molecule has 1 aliphatic rings. The summed E-state index contributed by atoms with van der Waals surface area (Å²) in [7, 11) is 0. The van der Waals surface area contributed by atoms with E-state index in [4.69, 9.17) is 4.84 Å². The Morgan fingerprint density at radius 3 is 2.83 bits per heavy atom. The number of rotatable bonds is 5. The van der Waals surface area contributed by atoms with Crippen LogP contribution in [0.15, 0.2) is 30.3 Å². The number of hydrogen-bond acceptors (Lipinski definition) is 4. The summed E-state index contributed by atoms with van der Waals surface area (Å²) in [5.74, 6) is -0.393. The van der Waals surface area contributed by atoms with E-state index in [1.807, 2.05) is 30.3 Å². The Bertz CT molecular complexity index is 402. The fraction of sp³-hybridized carbons (Fsp3) is 0.385. The zero-order valence-electron chi connectivity index (χ0n) is 10.0. The average Bonchev–Trinajstić information content (AvgIpc) is 2.93. The third-order valence-corrected chi connectivity index (χ3v) is 2.85. The molecular formula is C13H16N2O3. The molecule has 1 aromatic rings. The predicted molar refractivity (Wildman–Crippen MR) is 65.2 cm³/mol. The molecule has 2 rings (SSSR count). The van der Waals surface area contributed by atoms with Crippen molar-refractivity contribution in [1.82, 2.24) is 10.4 Å². The Morgan fingerprint density at radius 2 is 2.22 bits per heavy atom. The zero-order chi connectivity index (χ0) is 12.8. The first-order chi connectivity index (χ1) is 8.79. The van der Waals surface area contributed by atoms with Crippen molar-refractivity contribution in [3.63, 3.8) is 0 Å². The van der Waals surface area contributed by atoms with E-state index in [1.165, 1.54) is 0 Å². The first-order valence-electron chi connectivity index (χ1n) is 6.00. The zero-order valence-corrected chi connectivity index (χ0v) is 10.0. The van der Waals surface area contributed by atoms with Crippen LogP contribution in [0.25, 0.3) is 0 Å². The molecule has 1 aromatic carbocycles. The highest BCUT2D eigenvalue weighted by Gasteiger charge is 2.25. The van der Waals surface area contributed by atoms with Crippen LogP contribution in [-0.2, 0) is 21.0 Å². The maximum absolute atomic E-state index is 11.7. The second kappa shape index (κ2) is 6.16. The van der Waals surface area contributed by atoms with Crippen molar-refractivity contribution in [2.75, 3.05) is 6.54 Å². The number of benzene rings is 1. The summed E-state index contributed by atoms with van der Waals surface area (Å²) < 4.78 is 0. The predicted octanol–water partition coefficient (Wildman–Crippen LogP) is 0.855. The third-order valence-electron chi connectivity index (χ3n) is 2.85. The van der Waals surface area contributed by atoms with Gasteiger partial charge < -0.3 is 10.2 Å². The van der Waals surface area contributed by atoms with E-state index in [0.717, 1.165) is 30.0 Å². The molecule has 0 bridgehead atoms. The topological polar surface area (TPSA) is 58.6 Å². The summed E-state index contributed by atoms with van der Waals surface area (Å²) in [5, 5.41) is 4.06. The summed E-state index contributed by atoms with van der Waals surface area (Å²) in [6.45, 7) is 1.09. The standard InChI is InChI=1S/C13H16N2O3/c16-10-15(9-11-5-2-1-3-6-11)18-13(17)12-7-4-8-14-12/h1-3,5-6,10,12,14H,4,7-9H2/t12-/m0/s1. The molecule has 1 fully saturated rings. The maximum atomic E-state index is 11.7. The van der Waals surface area contributed by atoms with Gasteiger partial charge in [0.05, 0.1) is 6.54 Å². The average molecular weight is 248 g/mol. The number of amides is 1. The van der Waals surface area contributed by atoms with Crippen molar-refractivity contribution in [3.8, 4) is 0 Å². The van der Waals surface area contributed by atoms with Gasteiger partial charge in [0.2, 0.25) is 6.41 Å². The van der Waals surface area contributed by atoms with Gasteiger partial charge in [-0.15, -0.1) is 0 Å². The molecule has 1 heterocycles. The van der Waals surface area contributed by atoms with Gasteiger partial charge in [0, 0.05) is 0 Å². The summed E-state index contributed by atoms with van der Waals surface area (Å²) >= 11 is 0. The minimum Gasteiger partial charge on any atom is -0.336 e. The van der Waals surface area contributed by atoms with E-state index >= 15 is 0 Å². The highest BCUT2D eigenvalue weighted by atomic mass is 16.7. The van der Waals surface area contributed by atoms with Crippen LogP contribution >= 0.6 is 0 Å². The van der Waals surface area contributed by atoms with Gasteiger partial charge in [-0.05, 0) is 24.9 Å². The van der Waals surface area contributed by atoms with Crippen LogP contribution in [0.4, 0.5) is 0 Å². The van der Waals surface area contributed by atoms with E-state index in [-0.39, 0.29) is 12.6 Å². The molecule has 5 heteroatoms. The fourth-order valence-electron chi connectivity index (χ4n) is 1.92. The van der Waals surface area contributed by atoms with Gasteiger partial charge >= 0.3 is 5.97 Å². The highest BCUT2D eigenvalue weighted by Crippen LogP contribution is 2.09. The van der Waals surface area contributed by atoms with Crippen molar-refractivity contribution in [3.05, 3.63) is 35.9 Å². The molecule has 5 nitrogen and oxygen atoms in total. The van der Waals surface area contributed by atoms with Crippen LogP contribution in [-0.4, -0.2) is 30.0 Å². The molecule has 0 aliphatic carbocycles. The molecule has 1 atom stereocenters. The molecule has 1 saturated heterocycles. The Kier molecular flexibility index (Phi) is 4.30. The molecule has 96 valence electrons. The van der Waals surface area contributed by atoms with E-state index in [0.29, 0.717) is 6.41 Å². The molecule has 0 aromatic heterocycles. The van der Waals surface area contributed by atoms with Crippen molar-refractivity contribution < 1.29 is 14.4 Å². The smallest absolute Gasteiger partial charge is 0.336 e. The number of hydrogen-bond donors (Lipinski definition) is 1. The normalized spacial score (nSPS) is 18.3. The minimum atomic E-state index is -0.393. The van der Waals surface area contributed by atoms with Gasteiger partial charge in [0.25, 0.3) is 0 Å². The lowest BCUT2D eigenvalue weighted by atomic mass is 10.2. The van der Waals surface area contributed by atoms with Gasteiger partial charge in [0.1, 0.15) is 6.04 Å². The molecule has 0 unspecified atom stereocenters. The van der Waals surface area contributed by atoms with Gasteiger partial charge in [0.15, 0.2) is 0 Å². The molecule has 0 radical (unpaired) electrons. The van der Waals surface area contributed by atoms with Crippen molar-refractivity contribution >= 4 is 12.4 Å². The second-order valence-corrected chi connectivity index (χ2v) is 4.23. The Labute approximate surface area is 106 Å². The van der Waals surface area contributed by atoms with E-state index in [9.17, 15) is 9.59 Å². The molecule has 1 N–H and O–H groups in total. The van der Waals surface area contributed by atoms with Crippen LogP contribution in [0.1, 0.15) is 18.4 Å². The number of nitrogens with one attached hydrogen (secondary N) is 1. The van der Waals surface area contributed by atoms with Crippen LogP contribution in [0.2, 0.25) is 0 Å². The van der Waals surface area contributed by atoms with Crippen molar-refractivity contribution in [1.29, 1.82) is 0 Å². The largest absolute Gasteiger partial charge is 0.349 e. The Balaban J connectivity index is 1.89. The molecule has 0 spiro atoms. The number of hydroxylamine groups is 2. The molecule has 0 saturated carbocycles. The number of nitrogens with zero attached hydrogens (tertiary/aromatic N) is 1. The fourth-order valence-corrected chi connectivity index (χ4v) is 1.92. The van der Waals surface area contributed by atoms with Gasteiger partial charge in [-0.1, -0.05) is 30.3 Å². The molecule has 1 aliphatic heterocycles. The molecular weight excluding hydrogens is 232 g/mol. The van der Waals surface area contributed by atoms with E-state index in [2.05, 4.69) is 5.32 Å². The first kappa shape index (κ1) is 12.6. The van der Waals surface area contributed by atoms with Gasteiger partial charge in [-0.3, -0.25) is 4.79 Å². The van der Waals surface area contributed by atoms with Gasteiger partial charge in [-0.2, -0.15) is 5.06 Å². The summed E-state index contributed by atoms with van der Waals surface area (Å²) in [6.07, 6.45) is 2.25. The van der Waals surface area contributed by atoms with Crippen LogP contribution in [0.5, 0.6) is 0 Å². The van der Waals surface area contributed by atoms with Crippen LogP contribution in [0.3, 0.4) is 0 Å². The van der Waals surface area contributed by atoms with Crippen LogP contribution in [0, 0.1) is 0 Å². The van der Waals surface area contributed by atoms with E-state index in [1.54, 1.807) is 0 Å². The molecule has 1 amide bonds. The Hall–Kier alpha value is -1.88. The first-order valence-corrected chi connectivity index (χ1v) is 6.00. The Morgan fingerprint density at radius 1 is 1.44 bits per heavy atom. The third kappa shape index (κ3) is 3.30. The van der Waals surface area contributed by atoms with Crippen LogP contribution < -0.4 is 5.32 Å². The highest BCUT2D eigenvalue weighted by molar-refractivity contribution is 5.76. The minimum absolute atomic E-state index is 0.267. The molecule has 18 heavy (non-hydrogen) atoms. The summed E-state index contributed by atoms with van der Waals surface area (Å²) in [6, 6.07) is 9.10. The SMILES string of the molecule is O=CN(Cc1ccccc1)OC(=O)[C@@H]1CCCN1. The maximum Gasteiger partial charge on any atom is 0.349 e. The van der Waals surface area contributed by atoms with Crippen molar-refractivity contribution in [2.24, 2.45) is 0 Å². The lowest BCUT2D eigenvalue weighted by Gasteiger charge is -2.18. The monoisotopic (exact) mass is 248 g/mol. The summed E-state index contributed by atoms with van der Waals surface area (Å²) in [5.41, 5.74) is 0.914. The van der Waals surface area contributed by atoms with E-state index < -0.39 is 5.97 Å².